The lowest BCUT2D eigenvalue weighted by molar-refractivity contribution is 0.102. The van der Waals surface area contributed by atoms with Gasteiger partial charge in [-0.3, -0.25) is 14.0 Å². The second kappa shape index (κ2) is 5.44. The van der Waals surface area contributed by atoms with E-state index in [1.165, 1.54) is 10.6 Å². The summed E-state index contributed by atoms with van der Waals surface area (Å²) in [7, 11) is 0. The second-order valence-corrected chi connectivity index (χ2v) is 5.18. The van der Waals surface area contributed by atoms with Crippen molar-refractivity contribution in [3.63, 3.8) is 0 Å². The van der Waals surface area contributed by atoms with Gasteiger partial charge in [0.2, 0.25) is 0 Å². The Bertz CT molecular complexity index is 929. The molecule has 0 radical (unpaired) electrons. The van der Waals surface area contributed by atoms with E-state index in [9.17, 15) is 9.59 Å². The van der Waals surface area contributed by atoms with Crippen molar-refractivity contribution in [2.75, 3.05) is 5.32 Å². The van der Waals surface area contributed by atoms with Gasteiger partial charge in [-0.2, -0.15) is 0 Å². The highest BCUT2D eigenvalue weighted by Crippen LogP contribution is 2.14. The van der Waals surface area contributed by atoms with Crippen molar-refractivity contribution < 1.29 is 4.79 Å². The molecule has 3 aromatic rings. The number of aryl methyl sites for hydroxylation is 2. The standard InChI is InChI=1S/C17H15N3O2/c1-11-7-8-20-15(9-11)18-10-13(17(20)22)16(21)19-14-6-4-3-5-12(14)2/h3-10H,1-2H3,(H,19,21). The third kappa shape index (κ3) is 2.48. The van der Waals surface area contributed by atoms with Gasteiger partial charge >= 0.3 is 0 Å². The number of rotatable bonds is 2. The number of anilines is 1. The molecule has 2 aromatic heterocycles. The summed E-state index contributed by atoms with van der Waals surface area (Å²) in [5, 5.41) is 2.75. The lowest BCUT2D eigenvalue weighted by Crippen LogP contribution is -2.26. The predicted octanol–water partition coefficient (Wildman–Crippen LogP) is 2.56. The van der Waals surface area contributed by atoms with E-state index < -0.39 is 5.91 Å². The zero-order valence-electron chi connectivity index (χ0n) is 12.3. The van der Waals surface area contributed by atoms with E-state index in [-0.39, 0.29) is 11.1 Å². The SMILES string of the molecule is Cc1ccn2c(=O)c(C(=O)Nc3ccccc3C)cnc2c1. The van der Waals surface area contributed by atoms with Crippen LogP contribution in [0.15, 0.2) is 53.6 Å². The molecule has 1 amide bonds. The van der Waals surface area contributed by atoms with Crippen molar-refractivity contribution in [1.82, 2.24) is 9.38 Å². The average molecular weight is 293 g/mol. The highest BCUT2D eigenvalue weighted by molar-refractivity contribution is 6.04. The van der Waals surface area contributed by atoms with Gasteiger partial charge in [-0.15, -0.1) is 0 Å². The number of carbonyl (C=O) groups excluding carboxylic acids is 1. The zero-order valence-corrected chi connectivity index (χ0v) is 12.3. The van der Waals surface area contributed by atoms with Crippen LogP contribution in [0.25, 0.3) is 5.65 Å². The Kier molecular flexibility index (Phi) is 3.47. The third-order valence-electron chi connectivity index (χ3n) is 3.50. The van der Waals surface area contributed by atoms with Crippen LogP contribution in [0.2, 0.25) is 0 Å². The van der Waals surface area contributed by atoms with Gasteiger partial charge in [-0.25, -0.2) is 4.98 Å². The molecule has 0 saturated heterocycles. The van der Waals surface area contributed by atoms with Gasteiger partial charge in [0.15, 0.2) is 0 Å². The van der Waals surface area contributed by atoms with E-state index in [4.69, 9.17) is 0 Å². The number of hydrogen-bond acceptors (Lipinski definition) is 3. The topological polar surface area (TPSA) is 63.5 Å². The molecule has 0 atom stereocenters. The minimum Gasteiger partial charge on any atom is -0.322 e. The van der Waals surface area contributed by atoms with E-state index in [2.05, 4.69) is 10.3 Å². The van der Waals surface area contributed by atoms with Crippen LogP contribution in [0.5, 0.6) is 0 Å². The van der Waals surface area contributed by atoms with Crippen LogP contribution in [0.4, 0.5) is 5.69 Å². The summed E-state index contributed by atoms with van der Waals surface area (Å²) in [6, 6.07) is 11.0. The molecule has 5 heteroatoms. The van der Waals surface area contributed by atoms with Crippen molar-refractivity contribution in [1.29, 1.82) is 0 Å². The molecule has 0 aliphatic rings. The maximum absolute atomic E-state index is 12.4. The summed E-state index contributed by atoms with van der Waals surface area (Å²) >= 11 is 0. The molecular formula is C17H15N3O2. The first-order chi connectivity index (χ1) is 10.6. The molecule has 1 aromatic carbocycles. The van der Waals surface area contributed by atoms with Crippen molar-refractivity contribution in [3.8, 4) is 0 Å². The van der Waals surface area contributed by atoms with Crippen LogP contribution in [0.1, 0.15) is 21.5 Å². The summed E-state index contributed by atoms with van der Waals surface area (Å²) in [4.78, 5) is 28.9. The molecule has 0 fully saturated rings. The fourth-order valence-corrected chi connectivity index (χ4v) is 2.24. The quantitative estimate of drug-likeness (QED) is 0.790. The lowest BCUT2D eigenvalue weighted by Gasteiger charge is -2.08. The summed E-state index contributed by atoms with van der Waals surface area (Å²) in [6.45, 7) is 3.81. The molecule has 2 heterocycles. The normalized spacial score (nSPS) is 10.6. The molecule has 0 aliphatic heterocycles. The van der Waals surface area contributed by atoms with Gasteiger partial charge in [0.25, 0.3) is 11.5 Å². The molecule has 22 heavy (non-hydrogen) atoms. The number of para-hydroxylation sites is 1. The van der Waals surface area contributed by atoms with E-state index in [0.29, 0.717) is 11.3 Å². The fraction of sp³-hybridized carbons (Fsp3) is 0.118. The van der Waals surface area contributed by atoms with E-state index in [1.807, 2.05) is 32.0 Å². The number of fused-ring (bicyclic) bond motifs is 1. The molecule has 5 nitrogen and oxygen atoms in total. The predicted molar refractivity (Wildman–Crippen MR) is 85.3 cm³/mol. The molecule has 0 saturated carbocycles. The number of benzene rings is 1. The van der Waals surface area contributed by atoms with Gasteiger partial charge < -0.3 is 5.32 Å². The van der Waals surface area contributed by atoms with Crippen LogP contribution in [-0.2, 0) is 0 Å². The molecule has 0 unspecified atom stereocenters. The summed E-state index contributed by atoms with van der Waals surface area (Å²) in [5.74, 6) is -0.457. The summed E-state index contributed by atoms with van der Waals surface area (Å²) in [6.07, 6.45) is 2.95. The van der Waals surface area contributed by atoms with Crippen LogP contribution in [-0.4, -0.2) is 15.3 Å². The monoisotopic (exact) mass is 293 g/mol. The number of aromatic nitrogens is 2. The number of hydrogen-bond donors (Lipinski definition) is 1. The van der Waals surface area contributed by atoms with Gasteiger partial charge in [0, 0.05) is 18.1 Å². The highest BCUT2D eigenvalue weighted by Gasteiger charge is 2.14. The fourth-order valence-electron chi connectivity index (χ4n) is 2.24. The Morgan fingerprint density at radius 1 is 1.18 bits per heavy atom. The first-order valence-electron chi connectivity index (χ1n) is 6.91. The molecule has 0 spiro atoms. The van der Waals surface area contributed by atoms with Gasteiger partial charge in [0.1, 0.15) is 11.2 Å². The Morgan fingerprint density at radius 2 is 1.95 bits per heavy atom. The van der Waals surface area contributed by atoms with Crippen molar-refractivity contribution in [2.45, 2.75) is 13.8 Å². The first-order valence-corrected chi connectivity index (χ1v) is 6.91. The molecule has 3 rings (SSSR count). The summed E-state index contributed by atoms with van der Waals surface area (Å²) < 4.78 is 1.37. The van der Waals surface area contributed by atoms with Crippen LogP contribution < -0.4 is 10.9 Å². The number of pyridine rings is 1. The largest absolute Gasteiger partial charge is 0.322 e. The molecule has 1 N–H and O–H groups in total. The Hall–Kier alpha value is -2.95. The van der Waals surface area contributed by atoms with Gasteiger partial charge in [-0.1, -0.05) is 18.2 Å². The minimum atomic E-state index is -0.457. The first kappa shape index (κ1) is 14.0. The van der Waals surface area contributed by atoms with E-state index in [1.54, 1.807) is 24.4 Å². The summed E-state index contributed by atoms with van der Waals surface area (Å²) in [5.41, 5.74) is 2.78. The maximum Gasteiger partial charge on any atom is 0.270 e. The Labute approximate surface area is 127 Å². The Balaban J connectivity index is 2.01. The van der Waals surface area contributed by atoms with Crippen LogP contribution in [0.3, 0.4) is 0 Å². The average Bonchev–Trinajstić information content (AvgIpc) is 2.49. The molecule has 0 aliphatic carbocycles. The molecule has 0 bridgehead atoms. The lowest BCUT2D eigenvalue weighted by atomic mass is 10.2. The van der Waals surface area contributed by atoms with E-state index >= 15 is 0 Å². The van der Waals surface area contributed by atoms with Gasteiger partial charge in [0.05, 0.1) is 0 Å². The van der Waals surface area contributed by atoms with Crippen LogP contribution in [0, 0.1) is 13.8 Å². The number of nitrogens with zero attached hydrogens (tertiary/aromatic N) is 2. The van der Waals surface area contributed by atoms with Gasteiger partial charge in [-0.05, 0) is 43.2 Å². The smallest absolute Gasteiger partial charge is 0.270 e. The van der Waals surface area contributed by atoms with E-state index in [0.717, 1.165) is 11.1 Å². The third-order valence-corrected chi connectivity index (χ3v) is 3.50. The van der Waals surface area contributed by atoms with Crippen molar-refractivity contribution in [2.24, 2.45) is 0 Å². The maximum atomic E-state index is 12.4. The molecule has 110 valence electrons. The number of nitrogens with one attached hydrogen (secondary N) is 1. The van der Waals surface area contributed by atoms with Crippen molar-refractivity contribution in [3.05, 3.63) is 75.8 Å². The van der Waals surface area contributed by atoms with Crippen LogP contribution >= 0.6 is 0 Å². The zero-order chi connectivity index (χ0) is 15.7. The number of carbonyl (C=O) groups is 1. The van der Waals surface area contributed by atoms with Crippen molar-refractivity contribution >= 4 is 17.2 Å². The second-order valence-electron chi connectivity index (χ2n) is 5.18. The highest BCUT2D eigenvalue weighted by atomic mass is 16.2. The minimum absolute atomic E-state index is 0.0182. The Morgan fingerprint density at radius 3 is 2.73 bits per heavy atom. The number of amides is 1. The molecular weight excluding hydrogens is 278 g/mol.